The minimum Gasteiger partial charge on any atom is -0.550 e. The third-order valence-corrected chi connectivity index (χ3v) is 8.92. The third-order valence-electron chi connectivity index (χ3n) is 5.13. The molecule has 0 aliphatic carbocycles. The average molecular weight is 416 g/mol. The van der Waals surface area contributed by atoms with Gasteiger partial charge in [0.25, 0.3) is 0 Å². The Morgan fingerprint density at radius 2 is 1.30 bits per heavy atom. The molecule has 0 aromatic heterocycles. The summed E-state index contributed by atoms with van der Waals surface area (Å²) in [4.78, 5) is 11.1. The Hall–Kier alpha value is -1.49. The Morgan fingerprint density at radius 3 is 1.81 bits per heavy atom. The third kappa shape index (κ3) is 4.18. The zero-order valence-electron chi connectivity index (χ0n) is 14.9. The van der Waals surface area contributed by atoms with Gasteiger partial charge in [0.1, 0.15) is 0 Å². The Kier molecular flexibility index (Phi) is 5.90. The number of piperidine rings is 2. The molecule has 2 aliphatic heterocycles. The fourth-order valence-electron chi connectivity index (χ4n) is 3.54. The molecule has 8 nitrogen and oxygen atoms in total. The van der Waals surface area contributed by atoms with Gasteiger partial charge in [-0.1, -0.05) is 6.42 Å². The quantitative estimate of drug-likeness (QED) is 0.669. The topological polar surface area (TPSA) is 115 Å². The van der Waals surface area contributed by atoms with Gasteiger partial charge in [-0.3, -0.25) is 0 Å². The molecule has 0 N–H and O–H groups in total. The van der Waals surface area contributed by atoms with Gasteiger partial charge in [-0.25, -0.2) is 16.8 Å². The minimum atomic E-state index is -3.88. The molecule has 0 bridgehead atoms. The maximum Gasteiger partial charge on any atom is 0.243 e. The largest absolute Gasteiger partial charge is 0.550 e. The number of benzene rings is 1. The van der Waals surface area contributed by atoms with E-state index < -0.39 is 31.9 Å². The molecule has 3 rings (SSSR count). The van der Waals surface area contributed by atoms with Crippen LogP contribution in [0.25, 0.3) is 0 Å². The van der Waals surface area contributed by atoms with Crippen molar-refractivity contribution in [2.45, 2.75) is 41.9 Å². The summed E-state index contributed by atoms with van der Waals surface area (Å²) in [5.41, 5.74) is 0. The lowest BCUT2D eigenvalue weighted by Crippen LogP contribution is -2.46. The van der Waals surface area contributed by atoms with Crippen molar-refractivity contribution in [1.82, 2.24) is 8.61 Å². The normalized spacial score (nSPS) is 23.2. The van der Waals surface area contributed by atoms with Crippen LogP contribution in [0.4, 0.5) is 0 Å². The summed E-state index contributed by atoms with van der Waals surface area (Å²) in [6.45, 7) is 1.06. The smallest absolute Gasteiger partial charge is 0.243 e. The predicted octanol–water partition coefficient (Wildman–Crippen LogP) is 0.0118. The molecule has 10 heteroatoms. The lowest BCUT2D eigenvalue weighted by Gasteiger charge is -2.32. The van der Waals surface area contributed by atoms with Crippen LogP contribution in [0.5, 0.6) is 0 Å². The molecular formula is C17H23N2O6S2-. The van der Waals surface area contributed by atoms with E-state index in [0.29, 0.717) is 25.9 Å². The molecule has 1 aromatic rings. The second-order valence-corrected chi connectivity index (χ2v) is 10.8. The second kappa shape index (κ2) is 7.86. The van der Waals surface area contributed by atoms with E-state index in [1.165, 1.54) is 28.6 Å². The van der Waals surface area contributed by atoms with Gasteiger partial charge in [0.2, 0.25) is 20.0 Å². The molecule has 150 valence electrons. The van der Waals surface area contributed by atoms with Crippen molar-refractivity contribution >= 4 is 26.0 Å². The van der Waals surface area contributed by atoms with E-state index in [0.717, 1.165) is 23.6 Å². The fraction of sp³-hybridized carbons (Fsp3) is 0.588. The number of rotatable bonds is 5. The standard InChI is InChI=1S/C17H24N2O6S2/c20-17(21)14-5-4-12-19(13-14)27(24,25)16-8-6-15(7-9-16)26(22,23)18-10-2-1-3-11-18/h6-9,14H,1-5,10-13H2,(H,20,21)/p-1/t14-/m0/s1. The number of carboxylic acids is 1. The van der Waals surface area contributed by atoms with Crippen molar-refractivity contribution in [2.75, 3.05) is 26.2 Å². The number of carbonyl (C=O) groups is 1. The van der Waals surface area contributed by atoms with E-state index in [2.05, 4.69) is 0 Å². The van der Waals surface area contributed by atoms with E-state index in [4.69, 9.17) is 0 Å². The Bertz CT molecular complexity index is 890. The highest BCUT2D eigenvalue weighted by molar-refractivity contribution is 7.89. The molecule has 1 aromatic carbocycles. The summed E-state index contributed by atoms with van der Waals surface area (Å²) < 4.78 is 53.4. The molecule has 2 heterocycles. The van der Waals surface area contributed by atoms with Crippen molar-refractivity contribution in [3.63, 3.8) is 0 Å². The Balaban J connectivity index is 1.81. The van der Waals surface area contributed by atoms with Crippen molar-refractivity contribution in [2.24, 2.45) is 5.92 Å². The summed E-state index contributed by atoms with van der Waals surface area (Å²) in [5.74, 6) is -2.08. The number of aliphatic carboxylic acids is 1. The van der Waals surface area contributed by atoms with Crippen LogP contribution in [0.15, 0.2) is 34.1 Å². The van der Waals surface area contributed by atoms with Gasteiger partial charge in [0, 0.05) is 38.1 Å². The van der Waals surface area contributed by atoms with Crippen molar-refractivity contribution in [3.05, 3.63) is 24.3 Å². The number of sulfonamides is 2. The maximum atomic E-state index is 12.8. The number of hydrogen-bond donors (Lipinski definition) is 0. The molecule has 27 heavy (non-hydrogen) atoms. The zero-order chi connectivity index (χ0) is 19.7. The van der Waals surface area contributed by atoms with Crippen LogP contribution in [0, 0.1) is 5.92 Å². The van der Waals surface area contributed by atoms with Crippen molar-refractivity contribution < 1.29 is 26.7 Å². The van der Waals surface area contributed by atoms with E-state index >= 15 is 0 Å². The van der Waals surface area contributed by atoms with E-state index in [9.17, 15) is 26.7 Å². The summed E-state index contributed by atoms with van der Waals surface area (Å²) in [6, 6.07) is 5.15. The lowest BCUT2D eigenvalue weighted by atomic mass is 10.0. The summed E-state index contributed by atoms with van der Waals surface area (Å²) >= 11 is 0. The highest BCUT2D eigenvalue weighted by atomic mass is 32.2. The molecule has 2 aliphatic rings. The minimum absolute atomic E-state index is 0.0425. The first-order chi connectivity index (χ1) is 12.7. The van der Waals surface area contributed by atoms with E-state index in [1.54, 1.807) is 0 Å². The molecule has 1 atom stereocenters. The van der Waals surface area contributed by atoms with Crippen LogP contribution in [-0.4, -0.2) is 57.6 Å². The van der Waals surface area contributed by atoms with Gasteiger partial charge in [0.05, 0.1) is 9.79 Å². The first-order valence-corrected chi connectivity index (χ1v) is 11.9. The monoisotopic (exact) mass is 415 g/mol. The Labute approximate surface area is 159 Å². The van der Waals surface area contributed by atoms with Gasteiger partial charge >= 0.3 is 0 Å². The lowest BCUT2D eigenvalue weighted by molar-refractivity contribution is -0.312. The van der Waals surface area contributed by atoms with Crippen LogP contribution >= 0.6 is 0 Å². The molecule has 0 saturated carbocycles. The van der Waals surface area contributed by atoms with Crippen molar-refractivity contribution in [3.8, 4) is 0 Å². The first kappa shape index (κ1) is 20.2. The van der Waals surface area contributed by atoms with Gasteiger partial charge in [-0.15, -0.1) is 0 Å². The summed E-state index contributed by atoms with van der Waals surface area (Å²) in [6.07, 6.45) is 3.48. The summed E-state index contributed by atoms with van der Waals surface area (Å²) in [7, 11) is -7.51. The molecule has 0 amide bonds. The highest BCUT2D eigenvalue weighted by Crippen LogP contribution is 2.26. The predicted molar refractivity (Wildman–Crippen MR) is 95.5 cm³/mol. The first-order valence-electron chi connectivity index (χ1n) is 9.04. The molecule has 0 unspecified atom stereocenters. The van der Waals surface area contributed by atoms with Gasteiger partial charge in [-0.05, 0) is 49.9 Å². The van der Waals surface area contributed by atoms with Gasteiger partial charge < -0.3 is 9.90 Å². The fourth-order valence-corrected chi connectivity index (χ4v) is 6.58. The van der Waals surface area contributed by atoms with Crippen LogP contribution in [0.2, 0.25) is 0 Å². The SMILES string of the molecule is O=C([O-])[C@H]1CCCN(S(=O)(=O)c2ccc(S(=O)(=O)N3CCCCC3)cc2)C1. The summed E-state index contributed by atoms with van der Waals surface area (Å²) in [5, 5.41) is 11.1. The van der Waals surface area contributed by atoms with E-state index in [1.807, 2.05) is 0 Å². The van der Waals surface area contributed by atoms with Crippen LogP contribution in [0.1, 0.15) is 32.1 Å². The van der Waals surface area contributed by atoms with Crippen LogP contribution in [0.3, 0.4) is 0 Å². The second-order valence-electron chi connectivity index (χ2n) is 6.96. The molecule has 2 fully saturated rings. The van der Waals surface area contributed by atoms with Crippen molar-refractivity contribution in [1.29, 1.82) is 0 Å². The molecular weight excluding hydrogens is 392 g/mol. The Morgan fingerprint density at radius 1 is 0.815 bits per heavy atom. The molecule has 2 saturated heterocycles. The van der Waals surface area contributed by atoms with Gasteiger partial charge in [0.15, 0.2) is 0 Å². The number of hydrogen-bond acceptors (Lipinski definition) is 6. The number of carboxylic acid groups (broad SMARTS) is 1. The molecule has 0 spiro atoms. The zero-order valence-corrected chi connectivity index (χ0v) is 16.5. The van der Waals surface area contributed by atoms with Crippen LogP contribution in [-0.2, 0) is 24.8 Å². The van der Waals surface area contributed by atoms with E-state index in [-0.39, 0.29) is 22.9 Å². The maximum absolute atomic E-state index is 12.8. The van der Waals surface area contributed by atoms with Gasteiger partial charge in [-0.2, -0.15) is 8.61 Å². The highest BCUT2D eigenvalue weighted by Gasteiger charge is 2.31. The number of carbonyl (C=O) groups excluding carboxylic acids is 1. The molecule has 0 radical (unpaired) electrons. The van der Waals surface area contributed by atoms with Crippen LogP contribution < -0.4 is 5.11 Å². The number of nitrogens with zero attached hydrogens (tertiary/aromatic N) is 2. The average Bonchev–Trinajstić information content (AvgIpc) is 2.69.